The number of ether oxygens (including phenoxy) is 2. The second-order valence-corrected chi connectivity index (χ2v) is 23.4. The topological polar surface area (TPSA) is 24.9 Å². The van der Waals surface area contributed by atoms with E-state index in [2.05, 4.69) is 210 Å². The summed E-state index contributed by atoms with van der Waals surface area (Å²) in [4.78, 5) is 5.23. The number of rotatable bonds is 3. The fourth-order valence-corrected chi connectivity index (χ4v) is 11.3. The number of benzene rings is 6. The molecule has 4 nitrogen and oxygen atoms in total. The van der Waals surface area contributed by atoms with E-state index < -0.39 is 0 Å². The lowest BCUT2D eigenvalue weighted by molar-refractivity contribution is 0.174. The standard InChI is InChI=1S/C57H61BN2O2S/c1-33-24-38(56(9,10)11)25-34(2)52(33)60-46-29-39(57(12,13)14)28-45-51(46)58(50-41-27-37(55(6,7)8)21-23-49(41)63-53(50)60)42-30-47-48(62-32-61-47)31-44(42)59(45)43-22-20-36(54(3,4)5)26-40(43)35-18-16-15-17-19-35/h15-31H,32H2,1-14H3. The van der Waals surface area contributed by atoms with E-state index in [4.69, 9.17) is 9.47 Å². The molecule has 0 spiro atoms. The van der Waals surface area contributed by atoms with Gasteiger partial charge < -0.3 is 19.3 Å². The van der Waals surface area contributed by atoms with E-state index in [1.165, 1.54) is 93.0 Å². The molecule has 0 bridgehead atoms. The molecule has 10 rings (SSSR count). The molecular formula is C57H61BN2O2S. The molecular weight excluding hydrogens is 788 g/mol. The Morgan fingerprint density at radius 3 is 1.68 bits per heavy atom. The van der Waals surface area contributed by atoms with Crippen molar-refractivity contribution in [1.29, 1.82) is 0 Å². The van der Waals surface area contributed by atoms with Gasteiger partial charge >= 0.3 is 0 Å². The van der Waals surface area contributed by atoms with E-state index in [0.29, 0.717) is 0 Å². The van der Waals surface area contributed by atoms with Crippen LogP contribution in [-0.4, -0.2) is 13.5 Å². The largest absolute Gasteiger partial charge is 0.454 e. The van der Waals surface area contributed by atoms with Crippen molar-refractivity contribution in [3.63, 3.8) is 0 Å². The molecule has 7 aromatic rings. The summed E-state index contributed by atoms with van der Waals surface area (Å²) < 4.78 is 13.8. The van der Waals surface area contributed by atoms with Gasteiger partial charge in [0.05, 0.1) is 16.4 Å². The first kappa shape index (κ1) is 41.5. The molecule has 63 heavy (non-hydrogen) atoms. The normalized spacial score (nSPS) is 14.6. The quantitative estimate of drug-likeness (QED) is 0.165. The second kappa shape index (κ2) is 14.0. The van der Waals surface area contributed by atoms with E-state index in [1.807, 2.05) is 11.3 Å². The van der Waals surface area contributed by atoms with Crippen molar-refractivity contribution >= 4 is 78.0 Å². The van der Waals surface area contributed by atoms with Crippen LogP contribution in [0.4, 0.5) is 33.4 Å². The Balaban J connectivity index is 1.38. The molecule has 0 saturated carbocycles. The van der Waals surface area contributed by atoms with Gasteiger partial charge in [-0.2, -0.15) is 0 Å². The predicted molar refractivity (Wildman–Crippen MR) is 272 cm³/mol. The zero-order valence-corrected chi connectivity index (χ0v) is 40.5. The summed E-state index contributed by atoms with van der Waals surface area (Å²) in [7, 11) is 0. The molecule has 3 aliphatic rings. The number of aryl methyl sites for hydroxylation is 2. The highest BCUT2D eigenvalue weighted by Crippen LogP contribution is 2.53. The molecule has 0 radical (unpaired) electrons. The van der Waals surface area contributed by atoms with E-state index in [0.717, 1.165) is 22.9 Å². The van der Waals surface area contributed by atoms with Crippen LogP contribution < -0.4 is 35.7 Å². The van der Waals surface area contributed by atoms with E-state index >= 15 is 0 Å². The molecule has 320 valence electrons. The van der Waals surface area contributed by atoms with Crippen molar-refractivity contribution in [2.24, 2.45) is 0 Å². The predicted octanol–water partition coefficient (Wildman–Crippen LogP) is 14.2. The number of hydrogen-bond acceptors (Lipinski definition) is 5. The van der Waals surface area contributed by atoms with E-state index in [9.17, 15) is 0 Å². The third kappa shape index (κ3) is 6.69. The van der Waals surface area contributed by atoms with Gasteiger partial charge in [-0.05, 0) is 133 Å². The molecule has 0 aliphatic carbocycles. The van der Waals surface area contributed by atoms with Crippen molar-refractivity contribution in [2.75, 3.05) is 16.6 Å². The molecule has 0 fully saturated rings. The molecule has 0 unspecified atom stereocenters. The lowest BCUT2D eigenvalue weighted by atomic mass is 9.33. The van der Waals surface area contributed by atoms with Gasteiger partial charge in [0.1, 0.15) is 0 Å². The van der Waals surface area contributed by atoms with Gasteiger partial charge in [0, 0.05) is 33.4 Å². The van der Waals surface area contributed by atoms with Gasteiger partial charge in [0.2, 0.25) is 6.79 Å². The Labute approximate surface area is 380 Å². The Kier molecular flexibility index (Phi) is 9.25. The highest BCUT2D eigenvalue weighted by molar-refractivity contribution is 7.26. The third-order valence-electron chi connectivity index (χ3n) is 13.7. The minimum Gasteiger partial charge on any atom is -0.454 e. The monoisotopic (exact) mass is 848 g/mol. The number of thiophene rings is 1. The molecule has 6 heteroatoms. The van der Waals surface area contributed by atoms with Crippen LogP contribution in [0.1, 0.15) is 116 Å². The van der Waals surface area contributed by atoms with Gasteiger partial charge in [-0.3, -0.25) is 0 Å². The van der Waals surface area contributed by atoms with Gasteiger partial charge in [-0.25, -0.2) is 0 Å². The van der Waals surface area contributed by atoms with Crippen molar-refractivity contribution in [1.82, 2.24) is 0 Å². The van der Waals surface area contributed by atoms with E-state index in [1.54, 1.807) is 0 Å². The Hall–Kier alpha value is -5.46. The second-order valence-electron chi connectivity index (χ2n) is 22.4. The highest BCUT2D eigenvalue weighted by atomic mass is 32.1. The SMILES string of the molecule is Cc1cc(C(C)(C)C)cc(C)c1N1c2cc(C(C)(C)C)cc3c2B(c2cc4c(cc2N3c2ccc(C(C)(C)C)cc2-c2ccccc2)OCO4)c2c1sc1ccc(C(C)(C)C)cc21. The molecule has 1 aromatic heterocycles. The van der Waals surface area contributed by atoms with Gasteiger partial charge in [0.25, 0.3) is 6.71 Å². The van der Waals surface area contributed by atoms with Crippen molar-refractivity contribution < 1.29 is 9.47 Å². The molecule has 0 saturated heterocycles. The number of nitrogens with zero attached hydrogens (tertiary/aromatic N) is 2. The first-order valence-corrected chi connectivity index (χ1v) is 23.5. The average molecular weight is 849 g/mol. The summed E-state index contributed by atoms with van der Waals surface area (Å²) in [5.41, 5.74) is 20.0. The average Bonchev–Trinajstić information content (AvgIpc) is 3.83. The van der Waals surface area contributed by atoms with Crippen LogP contribution in [0.3, 0.4) is 0 Å². The van der Waals surface area contributed by atoms with E-state index in [-0.39, 0.29) is 35.2 Å². The van der Waals surface area contributed by atoms with Crippen LogP contribution in [0.2, 0.25) is 0 Å². The summed E-state index contributed by atoms with van der Waals surface area (Å²) in [5, 5.41) is 2.61. The maximum atomic E-state index is 6.28. The van der Waals surface area contributed by atoms with Gasteiger partial charge in [0.15, 0.2) is 11.5 Å². The zero-order chi connectivity index (χ0) is 44.7. The zero-order valence-electron chi connectivity index (χ0n) is 39.7. The fraction of sp³-hybridized carbons (Fsp3) is 0.333. The summed E-state index contributed by atoms with van der Waals surface area (Å²) in [5.74, 6) is 1.59. The van der Waals surface area contributed by atoms with Gasteiger partial charge in [-0.15, -0.1) is 11.3 Å². The minimum absolute atomic E-state index is 0.0155. The maximum Gasteiger partial charge on any atom is 0.254 e. The number of fused-ring (bicyclic) bond motifs is 7. The molecule has 0 amide bonds. The van der Waals surface area contributed by atoms with Crippen LogP contribution >= 0.6 is 11.3 Å². The van der Waals surface area contributed by atoms with Crippen LogP contribution in [0.15, 0.2) is 103 Å². The van der Waals surface area contributed by atoms with Crippen molar-refractivity contribution in [3.05, 3.63) is 137 Å². The lowest BCUT2D eigenvalue weighted by Crippen LogP contribution is -2.61. The molecule has 0 atom stereocenters. The van der Waals surface area contributed by atoms with Crippen LogP contribution in [0.25, 0.3) is 21.2 Å². The molecule has 0 N–H and O–H groups in total. The summed E-state index contributed by atoms with van der Waals surface area (Å²) >= 11 is 1.93. The van der Waals surface area contributed by atoms with Crippen LogP contribution in [0.5, 0.6) is 11.5 Å². The smallest absolute Gasteiger partial charge is 0.254 e. The highest BCUT2D eigenvalue weighted by Gasteiger charge is 2.47. The minimum atomic E-state index is -0.145. The Bertz CT molecular complexity index is 2980. The van der Waals surface area contributed by atoms with Crippen molar-refractivity contribution in [2.45, 2.75) is 119 Å². The summed E-state index contributed by atoms with van der Waals surface area (Å²) in [6.45, 7) is 32.7. The fourth-order valence-electron chi connectivity index (χ4n) is 10.1. The summed E-state index contributed by atoms with van der Waals surface area (Å²) in [6.07, 6.45) is 0. The molecule has 3 aliphatic heterocycles. The lowest BCUT2D eigenvalue weighted by Gasteiger charge is -2.45. The van der Waals surface area contributed by atoms with Gasteiger partial charge in [-0.1, -0.05) is 144 Å². The first-order valence-electron chi connectivity index (χ1n) is 22.7. The molecule has 6 aromatic carbocycles. The number of anilines is 6. The van der Waals surface area contributed by atoms with Crippen LogP contribution in [-0.2, 0) is 21.7 Å². The third-order valence-corrected chi connectivity index (χ3v) is 14.9. The Morgan fingerprint density at radius 1 is 0.508 bits per heavy atom. The maximum absolute atomic E-state index is 6.28. The summed E-state index contributed by atoms with van der Waals surface area (Å²) in [6, 6.07) is 39.8. The Morgan fingerprint density at radius 2 is 1.06 bits per heavy atom. The first-order chi connectivity index (χ1) is 29.6. The number of hydrogen-bond donors (Lipinski definition) is 0. The van der Waals surface area contributed by atoms with Crippen LogP contribution in [0, 0.1) is 13.8 Å². The molecule has 4 heterocycles. The van der Waals surface area contributed by atoms with Crippen molar-refractivity contribution in [3.8, 4) is 22.6 Å².